The van der Waals surface area contributed by atoms with Gasteiger partial charge in [-0.1, -0.05) is 22.0 Å². The number of ether oxygens (including phenoxy) is 1. The monoisotopic (exact) mass is 320 g/mol. The molecule has 2 rings (SSSR count). The van der Waals surface area contributed by atoms with Gasteiger partial charge in [-0.2, -0.15) is 0 Å². The number of nitrogen functional groups attached to an aromatic ring is 1. The number of carbonyl (C=O) groups is 1. The van der Waals surface area contributed by atoms with Crippen LogP contribution in [0.15, 0.2) is 46.9 Å². The number of nitrogens with two attached hydrogens (primary N) is 1. The van der Waals surface area contributed by atoms with Crippen LogP contribution in [0.25, 0.3) is 0 Å². The van der Waals surface area contributed by atoms with E-state index in [9.17, 15) is 4.79 Å². The van der Waals surface area contributed by atoms with Gasteiger partial charge in [0.2, 0.25) is 0 Å². The molecular weight excluding hydrogens is 308 g/mol. The van der Waals surface area contributed by atoms with E-state index in [1.54, 1.807) is 30.3 Å². The molecule has 3 N–H and O–H groups in total. The zero-order valence-electron chi connectivity index (χ0n) is 10.3. The number of hydrogen-bond donors (Lipinski definition) is 2. The molecule has 0 fully saturated rings. The Balaban J connectivity index is 2.27. The van der Waals surface area contributed by atoms with Gasteiger partial charge in [-0.3, -0.25) is 4.79 Å². The van der Waals surface area contributed by atoms with Gasteiger partial charge in [0, 0.05) is 15.8 Å². The van der Waals surface area contributed by atoms with E-state index >= 15 is 0 Å². The number of rotatable bonds is 3. The third-order valence-corrected chi connectivity index (χ3v) is 3.14. The van der Waals surface area contributed by atoms with E-state index in [2.05, 4.69) is 21.2 Å². The van der Waals surface area contributed by atoms with Crippen molar-refractivity contribution in [1.29, 1.82) is 0 Å². The van der Waals surface area contributed by atoms with Crippen molar-refractivity contribution < 1.29 is 9.53 Å². The number of nitrogens with one attached hydrogen (secondary N) is 1. The van der Waals surface area contributed by atoms with Crippen LogP contribution in [0.2, 0.25) is 0 Å². The first-order chi connectivity index (χ1) is 9.11. The van der Waals surface area contributed by atoms with Crippen LogP contribution in [0.4, 0.5) is 11.4 Å². The van der Waals surface area contributed by atoms with Crippen LogP contribution in [-0.4, -0.2) is 13.0 Å². The fourth-order valence-corrected chi connectivity index (χ4v) is 1.95. The molecule has 0 saturated heterocycles. The standard InChI is InChI=1S/C14H13BrN2O2/c1-19-12-4-2-3-11(16)13(12)14(18)17-10-7-5-9(15)6-8-10/h2-8H,16H2,1H3,(H,17,18). The summed E-state index contributed by atoms with van der Waals surface area (Å²) < 4.78 is 6.10. The number of halogens is 1. The van der Waals surface area contributed by atoms with Gasteiger partial charge in [0.15, 0.2) is 0 Å². The van der Waals surface area contributed by atoms with E-state index < -0.39 is 0 Å². The molecule has 2 aromatic carbocycles. The Morgan fingerprint density at radius 2 is 1.89 bits per heavy atom. The molecule has 19 heavy (non-hydrogen) atoms. The molecule has 0 heterocycles. The number of carbonyl (C=O) groups excluding carboxylic acids is 1. The van der Waals surface area contributed by atoms with Gasteiger partial charge >= 0.3 is 0 Å². The smallest absolute Gasteiger partial charge is 0.261 e. The molecule has 5 heteroatoms. The van der Waals surface area contributed by atoms with Crippen LogP contribution in [0.3, 0.4) is 0 Å². The predicted octanol–water partition coefficient (Wildman–Crippen LogP) is 3.29. The van der Waals surface area contributed by atoms with Crippen LogP contribution < -0.4 is 15.8 Å². The molecule has 4 nitrogen and oxygen atoms in total. The second-order valence-electron chi connectivity index (χ2n) is 3.89. The lowest BCUT2D eigenvalue weighted by Crippen LogP contribution is -2.15. The van der Waals surface area contributed by atoms with Crippen LogP contribution in [0.5, 0.6) is 5.75 Å². The summed E-state index contributed by atoms with van der Waals surface area (Å²) in [5.41, 5.74) is 7.24. The van der Waals surface area contributed by atoms with Gasteiger partial charge < -0.3 is 15.8 Å². The van der Waals surface area contributed by atoms with Gasteiger partial charge in [-0.05, 0) is 36.4 Å². The highest BCUT2D eigenvalue weighted by molar-refractivity contribution is 9.10. The van der Waals surface area contributed by atoms with Gasteiger partial charge in [-0.25, -0.2) is 0 Å². The lowest BCUT2D eigenvalue weighted by Gasteiger charge is -2.11. The summed E-state index contributed by atoms with van der Waals surface area (Å²) in [6, 6.07) is 12.4. The summed E-state index contributed by atoms with van der Waals surface area (Å²) in [5, 5.41) is 2.78. The Morgan fingerprint density at radius 1 is 1.21 bits per heavy atom. The van der Waals surface area contributed by atoms with Crippen molar-refractivity contribution in [2.75, 3.05) is 18.2 Å². The van der Waals surface area contributed by atoms with E-state index in [1.807, 2.05) is 12.1 Å². The van der Waals surface area contributed by atoms with Crippen molar-refractivity contribution in [2.24, 2.45) is 0 Å². The Hall–Kier alpha value is -2.01. The summed E-state index contributed by atoms with van der Waals surface area (Å²) in [6.07, 6.45) is 0. The summed E-state index contributed by atoms with van der Waals surface area (Å²) in [4.78, 5) is 12.2. The van der Waals surface area contributed by atoms with E-state index in [1.165, 1.54) is 7.11 Å². The summed E-state index contributed by atoms with van der Waals surface area (Å²) in [5.74, 6) is 0.159. The molecule has 98 valence electrons. The molecule has 0 aliphatic carbocycles. The molecule has 2 aromatic rings. The lowest BCUT2D eigenvalue weighted by atomic mass is 10.1. The Bertz CT molecular complexity index is 597. The van der Waals surface area contributed by atoms with E-state index in [-0.39, 0.29) is 5.91 Å². The molecular formula is C14H13BrN2O2. The fraction of sp³-hybridized carbons (Fsp3) is 0.0714. The molecule has 0 saturated carbocycles. The molecule has 0 unspecified atom stereocenters. The summed E-state index contributed by atoms with van der Waals surface area (Å²) in [6.45, 7) is 0. The quantitative estimate of drug-likeness (QED) is 0.853. The third kappa shape index (κ3) is 3.06. The lowest BCUT2D eigenvalue weighted by molar-refractivity contribution is 0.102. The minimum Gasteiger partial charge on any atom is -0.496 e. The van der Waals surface area contributed by atoms with Crippen LogP contribution >= 0.6 is 15.9 Å². The molecule has 0 atom stereocenters. The number of hydrogen-bond acceptors (Lipinski definition) is 3. The van der Waals surface area contributed by atoms with Crippen molar-refractivity contribution in [2.45, 2.75) is 0 Å². The fourth-order valence-electron chi connectivity index (χ4n) is 1.69. The number of amides is 1. The highest BCUT2D eigenvalue weighted by Gasteiger charge is 2.15. The van der Waals surface area contributed by atoms with Gasteiger partial charge in [0.05, 0.1) is 7.11 Å². The van der Waals surface area contributed by atoms with Crippen molar-refractivity contribution in [3.63, 3.8) is 0 Å². The van der Waals surface area contributed by atoms with Gasteiger partial charge in [-0.15, -0.1) is 0 Å². The van der Waals surface area contributed by atoms with Crippen LogP contribution in [0.1, 0.15) is 10.4 Å². The zero-order valence-corrected chi connectivity index (χ0v) is 11.9. The van der Waals surface area contributed by atoms with Gasteiger partial charge in [0.1, 0.15) is 11.3 Å². The van der Waals surface area contributed by atoms with Crippen LogP contribution in [0, 0.1) is 0 Å². The molecule has 0 aliphatic heterocycles. The molecule has 1 amide bonds. The largest absolute Gasteiger partial charge is 0.496 e. The minimum absolute atomic E-state index is 0.294. The zero-order chi connectivity index (χ0) is 13.8. The first kappa shape index (κ1) is 13.4. The molecule has 0 aliphatic rings. The van der Waals surface area contributed by atoms with Crippen molar-refractivity contribution in [3.05, 3.63) is 52.5 Å². The predicted molar refractivity (Wildman–Crippen MR) is 79.5 cm³/mol. The highest BCUT2D eigenvalue weighted by atomic mass is 79.9. The summed E-state index contributed by atoms with van der Waals surface area (Å²) in [7, 11) is 1.51. The van der Waals surface area contributed by atoms with Gasteiger partial charge in [0.25, 0.3) is 5.91 Å². The maximum Gasteiger partial charge on any atom is 0.261 e. The number of anilines is 2. The molecule has 0 spiro atoms. The van der Waals surface area contributed by atoms with Crippen molar-refractivity contribution in [3.8, 4) is 5.75 Å². The first-order valence-corrected chi connectivity index (χ1v) is 6.40. The molecule has 0 bridgehead atoms. The second kappa shape index (κ2) is 5.75. The van der Waals surface area contributed by atoms with E-state index in [0.29, 0.717) is 22.7 Å². The average molecular weight is 321 g/mol. The average Bonchev–Trinajstić information content (AvgIpc) is 2.40. The number of benzene rings is 2. The van der Waals surface area contributed by atoms with Crippen molar-refractivity contribution in [1.82, 2.24) is 0 Å². The highest BCUT2D eigenvalue weighted by Crippen LogP contribution is 2.25. The topological polar surface area (TPSA) is 64.3 Å². The Morgan fingerprint density at radius 3 is 2.53 bits per heavy atom. The minimum atomic E-state index is -0.294. The normalized spacial score (nSPS) is 10.0. The third-order valence-electron chi connectivity index (χ3n) is 2.61. The first-order valence-electron chi connectivity index (χ1n) is 5.61. The maximum absolute atomic E-state index is 12.2. The van der Waals surface area contributed by atoms with E-state index in [0.717, 1.165) is 4.47 Å². The van der Waals surface area contributed by atoms with E-state index in [4.69, 9.17) is 10.5 Å². The maximum atomic E-state index is 12.2. The number of methoxy groups -OCH3 is 1. The molecule has 0 aromatic heterocycles. The van der Waals surface area contributed by atoms with Crippen LogP contribution in [-0.2, 0) is 0 Å². The van der Waals surface area contributed by atoms with Crippen molar-refractivity contribution >= 4 is 33.2 Å². The SMILES string of the molecule is COc1cccc(N)c1C(=O)Nc1ccc(Br)cc1. The Kier molecular flexibility index (Phi) is 4.06. The molecule has 0 radical (unpaired) electrons. The Labute approximate surface area is 119 Å². The summed E-state index contributed by atoms with van der Waals surface area (Å²) >= 11 is 3.34. The second-order valence-corrected chi connectivity index (χ2v) is 4.80.